The van der Waals surface area contributed by atoms with Crippen molar-refractivity contribution in [2.75, 3.05) is 5.75 Å². The third-order valence-corrected chi connectivity index (χ3v) is 6.36. The first-order valence-electron chi connectivity index (χ1n) is 10.3. The predicted octanol–water partition coefficient (Wildman–Crippen LogP) is 5.55. The van der Waals surface area contributed by atoms with Crippen molar-refractivity contribution in [3.05, 3.63) is 71.5 Å². The first-order chi connectivity index (χ1) is 14.2. The quantitative estimate of drug-likeness (QED) is 0.473. The average molecular weight is 430 g/mol. The number of hydrogen-bond donors (Lipinski definition) is 1. The van der Waals surface area contributed by atoms with E-state index < -0.39 is 16.8 Å². The van der Waals surface area contributed by atoms with Gasteiger partial charge in [-0.1, -0.05) is 37.0 Å². The molecule has 1 N–H and O–H groups in total. The van der Waals surface area contributed by atoms with E-state index >= 15 is 0 Å². The second kappa shape index (κ2) is 9.10. The monoisotopic (exact) mass is 430 g/mol. The minimum absolute atomic E-state index is 0.248. The molecule has 0 saturated heterocycles. The molecule has 3 rings (SSSR count). The van der Waals surface area contributed by atoms with E-state index in [0.29, 0.717) is 5.76 Å². The van der Waals surface area contributed by atoms with Crippen molar-refractivity contribution in [2.45, 2.75) is 64.3 Å². The first-order valence-corrected chi connectivity index (χ1v) is 11.3. The molecule has 1 saturated carbocycles. The molecule has 1 aromatic carbocycles. The molecule has 1 heterocycles. The SMILES string of the molecule is CCSNC1=C(OC2(c3ccc(F)cc3)CC2)/C=C/[B]OC(C)(C)C(C)(C)O/C=C\1. The molecule has 0 bridgehead atoms. The van der Waals surface area contributed by atoms with Crippen LogP contribution < -0.4 is 4.72 Å². The molecule has 1 radical (unpaired) electrons. The molecule has 4 nitrogen and oxygen atoms in total. The minimum atomic E-state index is -0.548. The van der Waals surface area contributed by atoms with Crippen molar-refractivity contribution in [1.29, 1.82) is 0 Å². The van der Waals surface area contributed by atoms with Crippen LogP contribution in [0.2, 0.25) is 0 Å². The van der Waals surface area contributed by atoms with Crippen LogP contribution in [0.4, 0.5) is 4.39 Å². The summed E-state index contributed by atoms with van der Waals surface area (Å²) >= 11 is 1.58. The number of hydrogen-bond acceptors (Lipinski definition) is 5. The smallest absolute Gasteiger partial charge is 0.323 e. The van der Waals surface area contributed by atoms with Gasteiger partial charge in [-0.15, -0.1) is 0 Å². The molecule has 0 atom stereocenters. The van der Waals surface area contributed by atoms with Gasteiger partial charge in [0.1, 0.15) is 22.8 Å². The topological polar surface area (TPSA) is 39.7 Å². The maximum atomic E-state index is 13.4. The Hall–Kier alpha value is -1.86. The standard InChI is InChI=1S/C23H30BFNO3S/c1-6-30-26-19-12-16-27-21(2,3)22(4,5)29-24-15-11-20(19)28-23(13-14-23)17-7-9-18(25)10-8-17/h7-12,15-16,26H,6,13-14H2,1-5H3/b15-11+,16-12-,20-19-. The zero-order chi connectivity index (χ0) is 21.8. The van der Waals surface area contributed by atoms with Gasteiger partial charge >= 0.3 is 7.48 Å². The van der Waals surface area contributed by atoms with Crippen LogP contribution in [0.5, 0.6) is 0 Å². The van der Waals surface area contributed by atoms with E-state index in [1.54, 1.807) is 37.8 Å². The van der Waals surface area contributed by atoms with Gasteiger partial charge in [0.2, 0.25) is 0 Å². The summed E-state index contributed by atoms with van der Waals surface area (Å²) in [7, 11) is 1.67. The van der Waals surface area contributed by atoms with Gasteiger partial charge in [-0.3, -0.25) is 0 Å². The molecule has 30 heavy (non-hydrogen) atoms. The van der Waals surface area contributed by atoms with Crippen molar-refractivity contribution >= 4 is 19.4 Å². The Bertz CT molecular complexity index is 829. The highest BCUT2D eigenvalue weighted by molar-refractivity contribution is 7.97. The number of ether oxygens (including phenoxy) is 2. The molecule has 0 unspecified atom stereocenters. The summed E-state index contributed by atoms with van der Waals surface area (Å²) in [6.45, 7) is 10.1. The highest BCUT2D eigenvalue weighted by Crippen LogP contribution is 2.51. The van der Waals surface area contributed by atoms with Crippen LogP contribution in [0.1, 0.15) is 53.0 Å². The van der Waals surface area contributed by atoms with Crippen LogP contribution >= 0.6 is 11.9 Å². The van der Waals surface area contributed by atoms with Crippen LogP contribution in [-0.2, 0) is 19.7 Å². The van der Waals surface area contributed by atoms with Gasteiger partial charge in [0.15, 0.2) is 0 Å². The Balaban J connectivity index is 1.93. The van der Waals surface area contributed by atoms with E-state index in [-0.39, 0.29) is 5.82 Å². The molecular formula is C23H30BFNO3S. The average Bonchev–Trinajstić information content (AvgIpc) is 3.47. The highest BCUT2D eigenvalue weighted by atomic mass is 32.2. The Morgan fingerprint density at radius 3 is 2.43 bits per heavy atom. The molecule has 0 aromatic heterocycles. The van der Waals surface area contributed by atoms with Gasteiger partial charge in [-0.05, 0) is 64.3 Å². The summed E-state index contributed by atoms with van der Waals surface area (Å²) in [6.07, 6.45) is 7.21. The molecule has 0 amide bonds. The molecule has 0 spiro atoms. The van der Waals surface area contributed by atoms with E-state index in [0.717, 1.165) is 29.9 Å². The minimum Gasteiger partial charge on any atom is -0.492 e. The summed E-state index contributed by atoms with van der Waals surface area (Å²) in [4.78, 5) is 0. The third kappa shape index (κ3) is 5.24. The summed E-state index contributed by atoms with van der Waals surface area (Å²) in [5, 5.41) is 0. The fraction of sp³-hybridized carbons (Fsp3) is 0.478. The molecule has 1 aliphatic heterocycles. The molecule has 7 heteroatoms. The maximum absolute atomic E-state index is 13.4. The fourth-order valence-corrected chi connectivity index (χ4v) is 3.38. The van der Waals surface area contributed by atoms with Crippen LogP contribution in [-0.4, -0.2) is 24.4 Å². The zero-order valence-corrected chi connectivity index (χ0v) is 19.1. The number of nitrogens with one attached hydrogen (secondary N) is 1. The van der Waals surface area contributed by atoms with Crippen LogP contribution in [0.25, 0.3) is 0 Å². The molecule has 1 fully saturated rings. The van der Waals surface area contributed by atoms with E-state index in [1.165, 1.54) is 12.1 Å². The van der Waals surface area contributed by atoms with E-state index in [4.69, 9.17) is 14.1 Å². The summed E-state index contributed by atoms with van der Waals surface area (Å²) in [5.74, 6) is 3.16. The van der Waals surface area contributed by atoms with Crippen LogP contribution in [0.15, 0.2) is 60.1 Å². The summed E-state index contributed by atoms with van der Waals surface area (Å²) < 4.78 is 35.3. The molecule has 1 aliphatic carbocycles. The lowest BCUT2D eigenvalue weighted by Gasteiger charge is -2.40. The molecule has 2 aliphatic rings. The lowest BCUT2D eigenvalue weighted by molar-refractivity contribution is -0.0967. The normalized spacial score (nSPS) is 26.3. The summed E-state index contributed by atoms with van der Waals surface area (Å²) in [5.41, 5.74) is 0.254. The van der Waals surface area contributed by atoms with Gasteiger partial charge in [-0.25, -0.2) is 4.39 Å². The van der Waals surface area contributed by atoms with E-state index in [2.05, 4.69) is 11.6 Å². The highest BCUT2D eigenvalue weighted by Gasteiger charge is 2.48. The van der Waals surface area contributed by atoms with Crippen molar-refractivity contribution in [2.24, 2.45) is 0 Å². The Morgan fingerprint density at radius 2 is 1.80 bits per heavy atom. The van der Waals surface area contributed by atoms with Gasteiger partial charge in [0.25, 0.3) is 0 Å². The maximum Gasteiger partial charge on any atom is 0.323 e. The van der Waals surface area contributed by atoms with Gasteiger partial charge in [0.05, 0.1) is 17.6 Å². The second-order valence-corrected chi connectivity index (χ2v) is 9.54. The molecule has 1 aromatic rings. The van der Waals surface area contributed by atoms with Gasteiger partial charge in [0, 0.05) is 11.8 Å². The largest absolute Gasteiger partial charge is 0.492 e. The van der Waals surface area contributed by atoms with E-state index in [1.807, 2.05) is 45.8 Å². The van der Waals surface area contributed by atoms with Gasteiger partial charge < -0.3 is 18.9 Å². The number of rotatable bonds is 6. The number of benzene rings is 1. The lowest BCUT2D eigenvalue weighted by Crippen LogP contribution is -2.49. The Kier molecular flexibility index (Phi) is 6.93. The fourth-order valence-electron chi connectivity index (χ4n) is 2.91. The third-order valence-electron chi connectivity index (χ3n) is 5.71. The van der Waals surface area contributed by atoms with E-state index in [9.17, 15) is 4.39 Å². The van der Waals surface area contributed by atoms with Crippen molar-refractivity contribution < 1.29 is 18.5 Å². The lowest BCUT2D eigenvalue weighted by atomic mass is 9.86. The zero-order valence-electron chi connectivity index (χ0n) is 18.3. The van der Waals surface area contributed by atoms with Crippen LogP contribution in [0, 0.1) is 5.82 Å². The summed E-state index contributed by atoms with van der Waals surface area (Å²) in [6, 6.07) is 6.55. The van der Waals surface area contributed by atoms with Crippen LogP contribution in [0.3, 0.4) is 0 Å². The second-order valence-electron chi connectivity index (χ2n) is 8.47. The van der Waals surface area contributed by atoms with Crippen molar-refractivity contribution in [3.8, 4) is 0 Å². The predicted molar refractivity (Wildman–Crippen MR) is 121 cm³/mol. The number of allylic oxidation sites excluding steroid dienone is 2. The number of halogens is 1. The first kappa shape index (κ1) is 22.8. The Labute approximate surface area is 184 Å². The Morgan fingerprint density at radius 1 is 1.10 bits per heavy atom. The molecule has 161 valence electrons. The van der Waals surface area contributed by atoms with Gasteiger partial charge in [-0.2, -0.15) is 0 Å². The van der Waals surface area contributed by atoms with Crippen molar-refractivity contribution in [3.63, 3.8) is 0 Å². The molecular weight excluding hydrogens is 400 g/mol. The van der Waals surface area contributed by atoms with Crippen molar-refractivity contribution in [1.82, 2.24) is 4.72 Å².